The Morgan fingerprint density at radius 2 is 1.92 bits per heavy atom. The molecule has 0 aliphatic heterocycles. The number of carbonyl (C=O) groups is 1. The van der Waals surface area contributed by atoms with Gasteiger partial charge in [0.2, 0.25) is 0 Å². The normalized spacial score (nSPS) is 11.2. The highest BCUT2D eigenvalue weighted by Gasteiger charge is 2.06. The van der Waals surface area contributed by atoms with Crippen LogP contribution in [0.2, 0.25) is 0 Å². The second-order valence-corrected chi connectivity index (χ2v) is 5.97. The summed E-state index contributed by atoms with van der Waals surface area (Å²) in [7, 11) is 0. The summed E-state index contributed by atoms with van der Waals surface area (Å²) >= 11 is 0. The van der Waals surface area contributed by atoms with Crippen LogP contribution in [0.3, 0.4) is 0 Å². The molecule has 0 atom stereocenters. The molecule has 0 heterocycles. The average Bonchev–Trinajstić information content (AvgIpc) is 2.60. The van der Waals surface area contributed by atoms with E-state index in [9.17, 15) is 4.79 Å². The second kappa shape index (κ2) is 8.92. The molecular formula is C21H25NO3. The van der Waals surface area contributed by atoms with Crippen molar-refractivity contribution < 1.29 is 14.6 Å². The van der Waals surface area contributed by atoms with Gasteiger partial charge < -0.3 is 15.2 Å². The zero-order valence-corrected chi connectivity index (χ0v) is 15.0. The number of benzene rings is 2. The van der Waals surface area contributed by atoms with Crippen LogP contribution in [0.4, 0.5) is 0 Å². The van der Waals surface area contributed by atoms with Gasteiger partial charge in [-0.1, -0.05) is 42.0 Å². The summed E-state index contributed by atoms with van der Waals surface area (Å²) in [6.07, 6.45) is 2.75. The molecule has 25 heavy (non-hydrogen) atoms. The van der Waals surface area contributed by atoms with Crippen LogP contribution in [0.5, 0.6) is 5.75 Å². The number of carboxylic acids is 1. The van der Waals surface area contributed by atoms with Gasteiger partial charge in [0.25, 0.3) is 0 Å². The lowest BCUT2D eigenvalue weighted by molar-refractivity contribution is -0.135. The Kier molecular flexibility index (Phi) is 6.63. The molecule has 0 radical (unpaired) electrons. The number of aliphatic carboxylic acids is 1. The fourth-order valence-electron chi connectivity index (χ4n) is 2.53. The number of nitrogens with one attached hydrogen (secondary N) is 1. The molecule has 0 aliphatic carbocycles. The average molecular weight is 339 g/mol. The van der Waals surface area contributed by atoms with Gasteiger partial charge in [0.15, 0.2) is 0 Å². The maximum Gasteiger partial charge on any atom is 0.322 e. The summed E-state index contributed by atoms with van der Waals surface area (Å²) in [5.74, 6) is 0.0369. The highest BCUT2D eigenvalue weighted by molar-refractivity contribution is 5.71. The molecule has 0 unspecified atom stereocenters. The van der Waals surface area contributed by atoms with Crippen LogP contribution in [0.15, 0.2) is 54.2 Å². The number of hydrogen-bond acceptors (Lipinski definition) is 3. The Morgan fingerprint density at radius 1 is 1.20 bits per heavy atom. The third kappa shape index (κ3) is 5.68. The van der Waals surface area contributed by atoms with Gasteiger partial charge >= 0.3 is 5.97 Å². The van der Waals surface area contributed by atoms with Gasteiger partial charge in [-0.25, -0.2) is 0 Å². The van der Waals surface area contributed by atoms with E-state index in [0.29, 0.717) is 6.61 Å². The number of carboxylic acid groups (broad SMARTS) is 1. The van der Waals surface area contributed by atoms with Crippen LogP contribution in [0, 0.1) is 6.92 Å². The van der Waals surface area contributed by atoms with Crippen molar-refractivity contribution in [3.05, 3.63) is 65.4 Å². The van der Waals surface area contributed by atoms with Gasteiger partial charge in [-0.3, -0.25) is 4.79 Å². The smallest absolute Gasteiger partial charge is 0.322 e. The maximum atomic E-state index is 10.5. The minimum Gasteiger partial charge on any atom is -0.493 e. The number of allylic oxidation sites excluding steroid dienone is 2. The number of rotatable bonds is 8. The molecule has 0 amide bonds. The van der Waals surface area contributed by atoms with Crippen molar-refractivity contribution in [2.24, 2.45) is 0 Å². The molecule has 0 aliphatic rings. The third-order valence-electron chi connectivity index (χ3n) is 3.86. The maximum absolute atomic E-state index is 10.5. The zero-order valence-electron chi connectivity index (χ0n) is 15.0. The Bertz CT molecular complexity index is 748. The highest BCUT2D eigenvalue weighted by Crippen LogP contribution is 2.31. The van der Waals surface area contributed by atoms with Gasteiger partial charge in [-0.05, 0) is 50.5 Å². The molecule has 0 aromatic heterocycles. The van der Waals surface area contributed by atoms with Crippen molar-refractivity contribution in [1.29, 1.82) is 0 Å². The third-order valence-corrected chi connectivity index (χ3v) is 3.86. The fraction of sp³-hybridized carbons (Fsp3) is 0.286. The largest absolute Gasteiger partial charge is 0.493 e. The van der Waals surface area contributed by atoms with E-state index in [1.165, 1.54) is 11.1 Å². The molecule has 0 saturated heterocycles. The Balaban J connectivity index is 2.11. The molecule has 132 valence electrons. The predicted molar refractivity (Wildman–Crippen MR) is 101 cm³/mol. The van der Waals surface area contributed by atoms with E-state index < -0.39 is 5.97 Å². The summed E-state index contributed by atoms with van der Waals surface area (Å²) in [6, 6.07) is 14.6. The Labute approximate surface area is 149 Å². The number of ether oxygens (including phenoxy) is 1. The van der Waals surface area contributed by atoms with Crippen LogP contribution in [-0.2, 0) is 11.2 Å². The van der Waals surface area contributed by atoms with Crippen molar-refractivity contribution in [2.45, 2.75) is 27.2 Å². The van der Waals surface area contributed by atoms with Gasteiger partial charge in [-0.15, -0.1) is 0 Å². The molecule has 0 spiro atoms. The first-order valence-corrected chi connectivity index (χ1v) is 8.44. The zero-order chi connectivity index (χ0) is 18.2. The Hall–Kier alpha value is -2.75. The van der Waals surface area contributed by atoms with E-state index in [1.54, 1.807) is 0 Å². The summed E-state index contributed by atoms with van der Waals surface area (Å²) < 4.78 is 5.74. The standard InChI is InChI=1S/C21H25NO3/c1-4-25-20-12-5-15(2)13-19(20)18-10-8-17(9-11-18)7-6-16(3)22-14-21(23)24/h5-6,8-13,22H,4,7,14H2,1-3H3,(H,23,24)/b16-6+. The summed E-state index contributed by atoms with van der Waals surface area (Å²) in [6.45, 7) is 6.51. The monoisotopic (exact) mass is 339 g/mol. The van der Waals surface area contributed by atoms with Crippen LogP contribution in [-0.4, -0.2) is 24.2 Å². The Morgan fingerprint density at radius 3 is 2.56 bits per heavy atom. The minimum absolute atomic E-state index is 0.0607. The fourth-order valence-corrected chi connectivity index (χ4v) is 2.53. The molecule has 0 saturated carbocycles. The van der Waals surface area contributed by atoms with E-state index in [1.807, 2.05) is 26.0 Å². The van der Waals surface area contributed by atoms with Crippen LogP contribution >= 0.6 is 0 Å². The SMILES string of the molecule is CCOc1ccc(C)cc1-c1ccc(C/C=C(\C)NCC(=O)O)cc1. The highest BCUT2D eigenvalue weighted by atomic mass is 16.5. The number of hydrogen-bond donors (Lipinski definition) is 2. The second-order valence-electron chi connectivity index (χ2n) is 5.97. The first-order chi connectivity index (χ1) is 12.0. The predicted octanol–water partition coefficient (Wildman–Crippen LogP) is 4.18. The molecule has 4 nitrogen and oxygen atoms in total. The van der Waals surface area contributed by atoms with Crippen LogP contribution < -0.4 is 10.1 Å². The van der Waals surface area contributed by atoms with Gasteiger partial charge in [0.1, 0.15) is 12.3 Å². The molecule has 4 heteroatoms. The van der Waals surface area contributed by atoms with Crippen molar-refractivity contribution in [1.82, 2.24) is 5.32 Å². The van der Waals surface area contributed by atoms with E-state index in [-0.39, 0.29) is 6.54 Å². The van der Waals surface area contributed by atoms with Crippen molar-refractivity contribution >= 4 is 5.97 Å². The summed E-state index contributed by atoms with van der Waals surface area (Å²) in [4.78, 5) is 10.5. The van der Waals surface area contributed by atoms with Gasteiger partial charge in [0.05, 0.1) is 6.61 Å². The first kappa shape index (κ1) is 18.6. The van der Waals surface area contributed by atoms with Crippen molar-refractivity contribution in [3.8, 4) is 16.9 Å². The van der Waals surface area contributed by atoms with E-state index in [4.69, 9.17) is 9.84 Å². The number of aryl methyl sites for hydroxylation is 1. The van der Waals surface area contributed by atoms with Crippen LogP contribution in [0.25, 0.3) is 11.1 Å². The molecule has 2 aromatic rings. The first-order valence-electron chi connectivity index (χ1n) is 8.44. The molecule has 2 aromatic carbocycles. The van der Waals surface area contributed by atoms with Gasteiger partial charge in [-0.2, -0.15) is 0 Å². The molecule has 2 rings (SSSR count). The van der Waals surface area contributed by atoms with E-state index in [2.05, 4.69) is 48.6 Å². The minimum atomic E-state index is -0.861. The lowest BCUT2D eigenvalue weighted by Gasteiger charge is -2.12. The molecular weight excluding hydrogens is 314 g/mol. The summed E-state index contributed by atoms with van der Waals surface area (Å²) in [5, 5.41) is 11.5. The topological polar surface area (TPSA) is 58.6 Å². The molecule has 2 N–H and O–H groups in total. The quantitative estimate of drug-likeness (QED) is 0.757. The molecule has 0 fully saturated rings. The van der Waals surface area contributed by atoms with Crippen LogP contribution in [0.1, 0.15) is 25.0 Å². The van der Waals surface area contributed by atoms with E-state index in [0.717, 1.165) is 29.0 Å². The van der Waals surface area contributed by atoms with Crippen molar-refractivity contribution in [3.63, 3.8) is 0 Å². The van der Waals surface area contributed by atoms with Crippen molar-refractivity contribution in [2.75, 3.05) is 13.2 Å². The lowest BCUT2D eigenvalue weighted by atomic mass is 10.00. The lowest BCUT2D eigenvalue weighted by Crippen LogP contribution is -2.20. The van der Waals surface area contributed by atoms with E-state index >= 15 is 0 Å². The molecule has 0 bridgehead atoms. The summed E-state index contributed by atoms with van der Waals surface area (Å²) in [5.41, 5.74) is 5.46. The van der Waals surface area contributed by atoms with Gasteiger partial charge in [0, 0.05) is 11.3 Å².